The number of nitrogens with zero attached hydrogens (tertiary/aromatic N) is 8. The number of amides is 5. The molecule has 15 aromatic rings. The molecule has 6 aromatic carbocycles. The van der Waals surface area contributed by atoms with E-state index in [0.717, 1.165) is 184 Å². The number of piperazine rings is 1. The number of anilines is 5. The van der Waals surface area contributed by atoms with Crippen molar-refractivity contribution in [3.63, 3.8) is 0 Å². The van der Waals surface area contributed by atoms with E-state index in [1.165, 1.54) is 23.9 Å². The van der Waals surface area contributed by atoms with Crippen molar-refractivity contribution < 1.29 is 33.1 Å². The lowest BCUT2D eigenvalue weighted by Crippen LogP contribution is -2.42. The average Bonchev–Trinajstić information content (AvgIpc) is 0.841. The molecule has 2 aliphatic rings. The molecular weight excluding hydrogens is 1820 g/mol. The number of hydrogen-bond donors (Lipinski definition) is 13. The van der Waals surface area contributed by atoms with Crippen molar-refractivity contribution in [2.24, 2.45) is 0 Å². The molecule has 740 valence electrons. The third-order valence-electron chi connectivity index (χ3n) is 23.6. The lowest BCUT2D eigenvalue weighted by atomic mass is 9.87. The summed E-state index contributed by atoms with van der Waals surface area (Å²) in [5.74, 6) is -1.97. The molecule has 2 aliphatic heterocycles. The van der Waals surface area contributed by atoms with Gasteiger partial charge in [0.2, 0.25) is 0 Å². The van der Waals surface area contributed by atoms with Crippen LogP contribution in [0.2, 0.25) is 0 Å². The molecule has 0 unspecified atom stereocenters. The highest BCUT2D eigenvalue weighted by molar-refractivity contribution is 6.07. The summed E-state index contributed by atoms with van der Waals surface area (Å²) < 4.78 is 18.5. The fourth-order valence-electron chi connectivity index (χ4n) is 15.4. The Morgan fingerprint density at radius 1 is 0.347 bits per heavy atom. The number of morpholine rings is 1. The SMILES string of the molecule is CC(C)(C)c1ccc(C(=O)Nc2cc(-c3ccc(F)cc3)c[nH]c2=O)cc1.CNCCCN(C)Cc1ccc(C(=O)Nc2cc(-c3ccncc3)c[nH]c2=O)cc1.CNCCN(C)Cc1ccc(C(=O)Nc2cc(-c3ccncc3)c[nH]c2=O)cc1.O=C(Nc1cc(-c2ccncc2)c[nH]c1=O)c1ccc(CN2CCNCC2)cc1.O=C(Nc1cc(-c2ccncc2)c[nH]c1=O)c1ccc(CN2CCOCC2)cc1. The van der Waals surface area contributed by atoms with Crippen molar-refractivity contribution in [2.45, 2.75) is 58.8 Å². The number of halogens is 1. The largest absolute Gasteiger partial charge is 0.379 e. The maximum atomic E-state index is 13.1. The number of rotatable bonds is 30. The van der Waals surface area contributed by atoms with Crippen molar-refractivity contribution in [3.05, 3.63) is 418 Å². The number of pyridine rings is 9. The van der Waals surface area contributed by atoms with E-state index in [4.69, 9.17) is 4.74 Å². The Balaban J connectivity index is 0.000000151. The van der Waals surface area contributed by atoms with Crippen LogP contribution in [0.4, 0.5) is 32.8 Å². The van der Waals surface area contributed by atoms with Crippen LogP contribution in [0.3, 0.4) is 0 Å². The topological polar surface area (TPSA) is 420 Å². The second-order valence-corrected chi connectivity index (χ2v) is 35.4. The van der Waals surface area contributed by atoms with E-state index in [9.17, 15) is 52.3 Å². The predicted octanol–water partition coefficient (Wildman–Crippen LogP) is 14.4. The van der Waals surface area contributed by atoms with Crippen LogP contribution in [-0.4, -0.2) is 201 Å². The molecule has 2 saturated heterocycles. The fraction of sp³-hybridized carbons (Fsp3) is 0.225. The summed E-state index contributed by atoms with van der Waals surface area (Å²) in [5.41, 5.74) is 15.6. The second kappa shape index (κ2) is 52.8. The van der Waals surface area contributed by atoms with Crippen LogP contribution in [0, 0.1) is 5.82 Å². The minimum absolute atomic E-state index is 0.00432. The van der Waals surface area contributed by atoms with Gasteiger partial charge < -0.3 is 82.0 Å². The van der Waals surface area contributed by atoms with Gasteiger partial charge >= 0.3 is 0 Å². The Kier molecular flexibility index (Phi) is 38.5. The van der Waals surface area contributed by atoms with Crippen LogP contribution in [0.1, 0.15) is 107 Å². The first-order valence-corrected chi connectivity index (χ1v) is 47.2. The lowest BCUT2D eigenvalue weighted by molar-refractivity contribution is 0.0342. The summed E-state index contributed by atoms with van der Waals surface area (Å²) in [6, 6.07) is 66.1. The number of likely N-dealkylation sites (N-methyl/N-ethyl adjacent to an activating group) is 2. The van der Waals surface area contributed by atoms with Crippen LogP contribution in [0.25, 0.3) is 55.6 Å². The number of hydrogen-bond acceptors (Lipinski definition) is 22. The quantitative estimate of drug-likeness (QED) is 0.0186. The van der Waals surface area contributed by atoms with E-state index in [2.05, 4.69) is 142 Å². The number of aromatic amines is 5. The third kappa shape index (κ3) is 31.8. The molecule has 0 aliphatic carbocycles. The van der Waals surface area contributed by atoms with Gasteiger partial charge in [-0.2, -0.15) is 0 Å². The number of ether oxygens (including phenoxy) is 1. The van der Waals surface area contributed by atoms with Gasteiger partial charge in [-0.05, 0) is 260 Å². The van der Waals surface area contributed by atoms with E-state index in [1.807, 2.05) is 123 Å². The van der Waals surface area contributed by atoms with Gasteiger partial charge in [0.15, 0.2) is 0 Å². The Labute approximate surface area is 833 Å². The van der Waals surface area contributed by atoms with Gasteiger partial charge in [0.1, 0.15) is 34.3 Å². The minimum atomic E-state index is -0.402. The second-order valence-electron chi connectivity index (χ2n) is 35.4. The molecule has 0 saturated carbocycles. The third-order valence-corrected chi connectivity index (χ3v) is 23.6. The summed E-state index contributed by atoms with van der Waals surface area (Å²) in [5, 5.41) is 23.1. The van der Waals surface area contributed by atoms with Gasteiger partial charge in [-0.25, -0.2) is 4.39 Å². The molecular formula is C111H118FN21O11. The lowest BCUT2D eigenvalue weighted by Gasteiger charge is -2.27. The zero-order chi connectivity index (χ0) is 102. The average molecular weight is 1940 g/mol. The first-order chi connectivity index (χ1) is 69.7. The van der Waals surface area contributed by atoms with Crippen molar-refractivity contribution in [1.82, 2.24) is 80.4 Å². The normalized spacial score (nSPS) is 12.4. The maximum Gasteiger partial charge on any atom is 0.271 e. The molecule has 0 spiro atoms. The Morgan fingerprint density at radius 2 is 0.618 bits per heavy atom. The standard InChI is InChI=1S/C23H27N5O2.C22H21FN2O2.C22H23N5O2.C22H25N5O2.C22H22N4O3/c1-24-10-3-13-28(2)16-17-4-6-19(7-5-17)22(29)27-21-14-20(15-26-23(21)30)18-8-11-25-12-9-18;1-22(2,3)17-8-4-15(5-9-17)20(26)25-19-12-16(13-24-21(19)27)14-6-10-18(23)11-7-14;28-21(18-3-1-16(2-4-18)15-27-11-9-24-10-12-27)26-20-13-19(14-25-22(20)29)17-5-7-23-8-6-17;1-23-11-12-27(2)15-16-3-5-18(6-4-16)21(28)26-20-13-19(14-25-22(20)29)17-7-9-24-10-8-17;27-21(18-3-1-16(2-4-18)15-26-9-11-29-12-10-26)25-20-13-19(14-24-22(20)28)17-5-7-23-8-6-17/h4-9,11-12,14-15,24H,3,10,13,16H2,1-2H3,(H,26,30)(H,27,29);4-13H,1-3H3,(H,24,27)(H,25,26);1-8,13-14,24H,9-12,15H2,(H,25,29)(H,26,28);3-10,13-14,23H,11-12,15H2,1-2H3,(H,25,29)(H,26,28);1-8,13-14H,9-12,15H2,(H,24,28)(H,25,27). The Bertz CT molecular complexity index is 6880. The number of benzene rings is 6. The van der Waals surface area contributed by atoms with Crippen LogP contribution in [-0.2, 0) is 36.3 Å². The van der Waals surface area contributed by atoms with Crippen molar-refractivity contribution >= 4 is 58.0 Å². The first-order valence-electron chi connectivity index (χ1n) is 47.2. The van der Waals surface area contributed by atoms with Gasteiger partial charge in [0.25, 0.3) is 57.3 Å². The monoisotopic (exact) mass is 1940 g/mol. The number of carbonyl (C=O) groups is 5. The molecule has 17 rings (SSSR count). The maximum absolute atomic E-state index is 13.1. The molecule has 0 radical (unpaired) electrons. The van der Waals surface area contributed by atoms with Gasteiger partial charge in [-0.3, -0.25) is 77.7 Å². The highest BCUT2D eigenvalue weighted by atomic mass is 19.1. The Morgan fingerprint density at radius 3 is 0.910 bits per heavy atom. The summed E-state index contributed by atoms with van der Waals surface area (Å²) >= 11 is 0. The minimum Gasteiger partial charge on any atom is -0.379 e. The number of carbonyl (C=O) groups excluding carboxylic acids is 5. The van der Waals surface area contributed by atoms with Gasteiger partial charge in [0.05, 0.1) is 13.2 Å². The summed E-state index contributed by atoms with van der Waals surface area (Å²) in [6.07, 6.45) is 22.5. The highest BCUT2D eigenvalue weighted by Gasteiger charge is 2.21. The molecule has 9 aromatic heterocycles. The van der Waals surface area contributed by atoms with E-state index >= 15 is 0 Å². The van der Waals surface area contributed by atoms with E-state index in [1.54, 1.807) is 177 Å². The molecule has 5 amide bonds. The van der Waals surface area contributed by atoms with Crippen LogP contribution in [0.15, 0.2) is 329 Å². The van der Waals surface area contributed by atoms with Gasteiger partial charge in [-0.15, -0.1) is 0 Å². The molecule has 0 atom stereocenters. The van der Waals surface area contributed by atoms with Crippen LogP contribution < -0.4 is 70.3 Å². The summed E-state index contributed by atoms with van der Waals surface area (Å²) in [7, 11) is 8.02. The van der Waals surface area contributed by atoms with Crippen molar-refractivity contribution in [3.8, 4) is 55.6 Å². The van der Waals surface area contributed by atoms with Gasteiger partial charge in [-0.1, -0.05) is 93.6 Å². The molecule has 32 nitrogen and oxygen atoms in total. The zero-order valence-corrected chi connectivity index (χ0v) is 81.3. The van der Waals surface area contributed by atoms with E-state index in [0.29, 0.717) is 33.4 Å². The summed E-state index contributed by atoms with van der Waals surface area (Å²) in [4.78, 5) is 162. The molecule has 13 N–H and O–H groups in total. The van der Waals surface area contributed by atoms with Crippen LogP contribution in [0.5, 0.6) is 0 Å². The van der Waals surface area contributed by atoms with E-state index < -0.39 is 5.56 Å². The molecule has 144 heavy (non-hydrogen) atoms. The smallest absolute Gasteiger partial charge is 0.271 e. The zero-order valence-electron chi connectivity index (χ0n) is 81.3. The number of nitrogens with one attached hydrogen (secondary N) is 13. The molecule has 11 heterocycles. The highest BCUT2D eigenvalue weighted by Crippen LogP contribution is 2.28. The van der Waals surface area contributed by atoms with Crippen molar-refractivity contribution in [1.29, 1.82) is 0 Å². The van der Waals surface area contributed by atoms with E-state index in [-0.39, 0.29) is 91.4 Å². The predicted molar refractivity (Wildman–Crippen MR) is 564 cm³/mol. The van der Waals surface area contributed by atoms with Gasteiger partial charge in [0, 0.05) is 215 Å². The van der Waals surface area contributed by atoms with Crippen LogP contribution >= 0.6 is 0 Å². The van der Waals surface area contributed by atoms with Crippen molar-refractivity contribution in [2.75, 3.05) is 133 Å². The number of aromatic nitrogens is 9. The molecule has 0 bridgehead atoms. The fourth-order valence-corrected chi connectivity index (χ4v) is 15.4. The summed E-state index contributed by atoms with van der Waals surface area (Å²) in [6.45, 7) is 20.9. The molecule has 2 fully saturated rings. The first kappa shape index (κ1) is 105. The molecule has 33 heteroatoms. The number of H-pyrrole nitrogens is 5. The Hall–Kier alpha value is -16.4.